The van der Waals surface area contributed by atoms with Crippen LogP contribution in [0.2, 0.25) is 5.15 Å². The first-order valence-electron chi connectivity index (χ1n) is 4.55. The van der Waals surface area contributed by atoms with Crippen molar-refractivity contribution in [2.45, 2.75) is 0 Å². The molecule has 0 aliphatic carbocycles. The molecule has 1 aromatic heterocycles. The second-order valence-corrected chi connectivity index (χ2v) is 4.40. The van der Waals surface area contributed by atoms with Crippen molar-refractivity contribution < 1.29 is 0 Å². The molecule has 0 aliphatic heterocycles. The van der Waals surface area contributed by atoms with Gasteiger partial charge in [0.2, 0.25) is 0 Å². The van der Waals surface area contributed by atoms with Crippen molar-refractivity contribution in [3.05, 3.63) is 40.4 Å². The molecule has 0 saturated heterocycles. The lowest BCUT2D eigenvalue weighted by Gasteiger charge is -2.15. The summed E-state index contributed by atoms with van der Waals surface area (Å²) in [6.45, 7) is 0. The van der Waals surface area contributed by atoms with Crippen LogP contribution in [0.4, 0.5) is 10.8 Å². The zero-order valence-electron chi connectivity index (χ0n) is 8.51. The number of nitriles is 1. The third kappa shape index (κ3) is 2.16. The lowest BCUT2D eigenvalue weighted by atomic mass is 10.2. The van der Waals surface area contributed by atoms with Crippen LogP contribution >= 0.6 is 22.9 Å². The molecule has 0 radical (unpaired) electrons. The molecule has 0 N–H and O–H groups in total. The van der Waals surface area contributed by atoms with Gasteiger partial charge in [-0.05, 0) is 18.2 Å². The molecule has 2 aromatic rings. The highest BCUT2D eigenvalue weighted by Gasteiger charge is 2.08. The van der Waals surface area contributed by atoms with E-state index in [1.807, 2.05) is 30.1 Å². The van der Waals surface area contributed by atoms with Gasteiger partial charge in [-0.3, -0.25) is 0 Å². The number of halogens is 1. The van der Waals surface area contributed by atoms with Gasteiger partial charge in [0.1, 0.15) is 5.15 Å². The Kier molecular flexibility index (Phi) is 3.09. The fourth-order valence-electron chi connectivity index (χ4n) is 1.29. The van der Waals surface area contributed by atoms with Gasteiger partial charge in [-0.2, -0.15) is 5.26 Å². The molecular formula is C11H8ClN3S. The molecule has 1 aromatic carbocycles. The Hall–Kier alpha value is -1.57. The fraction of sp³-hybridized carbons (Fsp3) is 0.0909. The Labute approximate surface area is 103 Å². The van der Waals surface area contributed by atoms with Crippen LogP contribution in [0.5, 0.6) is 0 Å². The third-order valence-electron chi connectivity index (χ3n) is 2.11. The molecule has 3 nitrogen and oxygen atoms in total. The number of nitrogens with zero attached hydrogens (tertiary/aromatic N) is 3. The van der Waals surface area contributed by atoms with Crippen LogP contribution in [-0.2, 0) is 0 Å². The quantitative estimate of drug-likeness (QED) is 0.819. The van der Waals surface area contributed by atoms with Crippen molar-refractivity contribution >= 4 is 33.8 Å². The van der Waals surface area contributed by atoms with Crippen molar-refractivity contribution in [2.24, 2.45) is 0 Å². The minimum Gasteiger partial charge on any atom is -0.321 e. The molecule has 1 heterocycles. The minimum atomic E-state index is 0.489. The largest absolute Gasteiger partial charge is 0.321 e. The number of rotatable bonds is 2. The molecule has 0 bridgehead atoms. The normalized spacial score (nSPS) is 9.81. The maximum Gasteiger partial charge on any atom is 0.191 e. The zero-order chi connectivity index (χ0) is 11.5. The third-order valence-corrected chi connectivity index (χ3v) is 3.35. The molecule has 16 heavy (non-hydrogen) atoms. The molecule has 0 spiro atoms. The number of anilines is 2. The van der Waals surface area contributed by atoms with E-state index < -0.39 is 0 Å². The molecule has 0 atom stereocenters. The Morgan fingerprint density at radius 3 is 2.94 bits per heavy atom. The lowest BCUT2D eigenvalue weighted by Crippen LogP contribution is -2.08. The number of hydrogen-bond acceptors (Lipinski definition) is 4. The van der Waals surface area contributed by atoms with Gasteiger partial charge in [0.15, 0.2) is 5.13 Å². The number of thiazole rings is 1. The van der Waals surface area contributed by atoms with Crippen molar-refractivity contribution in [1.29, 1.82) is 5.26 Å². The Balaban J connectivity index is 2.34. The Morgan fingerprint density at radius 1 is 1.50 bits per heavy atom. The summed E-state index contributed by atoms with van der Waals surface area (Å²) in [5.41, 5.74) is 1.55. The van der Waals surface area contributed by atoms with E-state index in [1.54, 1.807) is 11.4 Å². The van der Waals surface area contributed by atoms with Gasteiger partial charge < -0.3 is 4.90 Å². The molecule has 0 unspecified atom stereocenters. The van der Waals surface area contributed by atoms with E-state index in [9.17, 15) is 0 Å². The second-order valence-electron chi connectivity index (χ2n) is 3.17. The summed E-state index contributed by atoms with van der Waals surface area (Å²) >= 11 is 7.24. The maximum absolute atomic E-state index is 8.82. The second kappa shape index (κ2) is 4.52. The first kappa shape index (κ1) is 10.9. The number of aromatic nitrogens is 1. The molecule has 0 saturated carbocycles. The summed E-state index contributed by atoms with van der Waals surface area (Å²) in [7, 11) is 1.89. The van der Waals surface area contributed by atoms with Crippen LogP contribution in [0, 0.1) is 11.3 Å². The highest BCUT2D eigenvalue weighted by molar-refractivity contribution is 7.14. The monoisotopic (exact) mass is 249 g/mol. The van der Waals surface area contributed by atoms with Gasteiger partial charge in [-0.15, -0.1) is 11.3 Å². The van der Waals surface area contributed by atoms with Crippen molar-refractivity contribution in [3.63, 3.8) is 0 Å². The van der Waals surface area contributed by atoms with E-state index in [-0.39, 0.29) is 0 Å². The van der Waals surface area contributed by atoms with E-state index in [2.05, 4.69) is 11.1 Å². The van der Waals surface area contributed by atoms with Crippen LogP contribution in [0.25, 0.3) is 0 Å². The van der Waals surface area contributed by atoms with Gasteiger partial charge in [-0.25, -0.2) is 4.98 Å². The maximum atomic E-state index is 8.82. The van der Waals surface area contributed by atoms with Crippen molar-refractivity contribution in [1.82, 2.24) is 4.98 Å². The molecular weight excluding hydrogens is 242 g/mol. The zero-order valence-corrected chi connectivity index (χ0v) is 10.1. The predicted octanol–water partition coefficient (Wildman–Crippen LogP) is 3.44. The fourth-order valence-corrected chi connectivity index (χ4v) is 2.23. The average molecular weight is 250 g/mol. The minimum absolute atomic E-state index is 0.489. The van der Waals surface area contributed by atoms with E-state index >= 15 is 0 Å². The molecule has 80 valence electrons. The predicted molar refractivity (Wildman–Crippen MR) is 66.3 cm³/mol. The van der Waals surface area contributed by atoms with E-state index in [0.29, 0.717) is 10.7 Å². The van der Waals surface area contributed by atoms with Crippen LogP contribution in [0.15, 0.2) is 29.6 Å². The summed E-state index contributed by atoms with van der Waals surface area (Å²) in [5.74, 6) is 0. The smallest absolute Gasteiger partial charge is 0.191 e. The number of benzene rings is 1. The van der Waals surface area contributed by atoms with Crippen molar-refractivity contribution in [2.75, 3.05) is 11.9 Å². The lowest BCUT2D eigenvalue weighted by molar-refractivity contribution is 1.17. The summed E-state index contributed by atoms with van der Waals surface area (Å²) in [5, 5.41) is 11.9. The summed E-state index contributed by atoms with van der Waals surface area (Å²) in [6.07, 6.45) is 0. The highest BCUT2D eigenvalue weighted by atomic mass is 35.5. The highest BCUT2D eigenvalue weighted by Crippen LogP contribution is 2.28. The first-order chi connectivity index (χ1) is 7.70. The summed E-state index contributed by atoms with van der Waals surface area (Å²) in [6, 6.07) is 9.47. The van der Waals surface area contributed by atoms with E-state index in [0.717, 1.165) is 10.8 Å². The molecule has 0 amide bonds. The van der Waals surface area contributed by atoms with Crippen LogP contribution < -0.4 is 4.90 Å². The Bertz CT molecular complexity index is 544. The molecule has 0 aliphatic rings. The van der Waals surface area contributed by atoms with E-state index in [1.165, 1.54) is 11.3 Å². The van der Waals surface area contributed by atoms with Gasteiger partial charge in [-0.1, -0.05) is 17.7 Å². The molecule has 2 rings (SSSR count). The van der Waals surface area contributed by atoms with Crippen LogP contribution in [-0.4, -0.2) is 12.0 Å². The Morgan fingerprint density at radius 2 is 2.31 bits per heavy atom. The van der Waals surface area contributed by atoms with Gasteiger partial charge >= 0.3 is 0 Å². The molecule has 5 heteroatoms. The average Bonchev–Trinajstić information content (AvgIpc) is 2.75. The standard InChI is InChI=1S/C11H8ClN3S/c1-15(11-14-10(12)7-16-11)9-4-2-3-8(5-9)6-13/h2-5,7H,1H3. The van der Waals surface area contributed by atoms with Gasteiger partial charge in [0.05, 0.1) is 11.6 Å². The van der Waals surface area contributed by atoms with E-state index in [4.69, 9.17) is 16.9 Å². The van der Waals surface area contributed by atoms with Crippen molar-refractivity contribution in [3.8, 4) is 6.07 Å². The SMILES string of the molecule is CN(c1cccc(C#N)c1)c1nc(Cl)cs1. The topological polar surface area (TPSA) is 39.9 Å². The van der Waals surface area contributed by atoms with Gasteiger partial charge in [0, 0.05) is 18.1 Å². The van der Waals surface area contributed by atoms with Gasteiger partial charge in [0.25, 0.3) is 0 Å². The summed E-state index contributed by atoms with van der Waals surface area (Å²) in [4.78, 5) is 6.07. The van der Waals surface area contributed by atoms with Crippen LogP contribution in [0.1, 0.15) is 5.56 Å². The van der Waals surface area contributed by atoms with Crippen LogP contribution in [0.3, 0.4) is 0 Å². The molecule has 0 fully saturated rings. The number of hydrogen-bond donors (Lipinski definition) is 0. The first-order valence-corrected chi connectivity index (χ1v) is 5.81. The summed E-state index contributed by atoms with van der Waals surface area (Å²) < 4.78 is 0.